The van der Waals surface area contributed by atoms with Crippen molar-refractivity contribution in [2.75, 3.05) is 7.05 Å². The van der Waals surface area contributed by atoms with Crippen molar-refractivity contribution in [1.82, 2.24) is 20.1 Å². The van der Waals surface area contributed by atoms with Crippen LogP contribution < -0.4 is 11.0 Å². The Morgan fingerprint density at radius 2 is 2.20 bits per heavy atom. The van der Waals surface area contributed by atoms with Crippen molar-refractivity contribution in [1.29, 1.82) is 0 Å². The number of hydrogen-bond acceptors (Lipinski definition) is 4. The van der Waals surface area contributed by atoms with E-state index in [2.05, 4.69) is 34.6 Å². The van der Waals surface area contributed by atoms with E-state index < -0.39 is 0 Å². The molecule has 1 aliphatic rings. The highest BCUT2D eigenvalue weighted by Crippen LogP contribution is 2.38. The minimum absolute atomic E-state index is 0.103. The molecule has 1 aliphatic carbocycles. The molecule has 106 valence electrons. The third kappa shape index (κ3) is 2.53. The molecule has 0 radical (unpaired) electrons. The predicted molar refractivity (Wildman–Crippen MR) is 79.2 cm³/mol. The van der Waals surface area contributed by atoms with E-state index in [1.807, 2.05) is 19.2 Å². The lowest BCUT2D eigenvalue weighted by atomic mass is 10.1. The van der Waals surface area contributed by atoms with E-state index in [0.29, 0.717) is 6.04 Å². The van der Waals surface area contributed by atoms with Gasteiger partial charge in [-0.2, -0.15) is 0 Å². The van der Waals surface area contributed by atoms with Gasteiger partial charge in [0.05, 0.1) is 0 Å². The van der Waals surface area contributed by atoms with Crippen LogP contribution in [-0.4, -0.2) is 21.8 Å². The third-order valence-corrected chi connectivity index (χ3v) is 4.67. The molecule has 1 fully saturated rings. The third-order valence-electron chi connectivity index (χ3n) is 3.60. The van der Waals surface area contributed by atoms with E-state index in [9.17, 15) is 4.79 Å². The van der Waals surface area contributed by atoms with Crippen molar-refractivity contribution in [3.8, 4) is 0 Å². The largest absolute Gasteiger partial charge is 0.344 e. The summed E-state index contributed by atoms with van der Waals surface area (Å²) in [6.07, 6.45) is 2.14. The van der Waals surface area contributed by atoms with Gasteiger partial charge in [0, 0.05) is 17.0 Å². The summed E-state index contributed by atoms with van der Waals surface area (Å²) in [5, 5.41) is 10.7. The highest BCUT2D eigenvalue weighted by atomic mass is 32.2. The summed E-state index contributed by atoms with van der Waals surface area (Å²) in [5.74, 6) is 0. The Hall–Kier alpha value is -1.53. The molecule has 3 rings (SSSR count). The molecule has 0 amide bonds. The Morgan fingerprint density at radius 1 is 1.45 bits per heavy atom. The van der Waals surface area contributed by atoms with Gasteiger partial charge in [-0.05, 0) is 50.2 Å². The molecule has 6 heteroatoms. The van der Waals surface area contributed by atoms with Crippen LogP contribution in [0.15, 0.2) is 39.1 Å². The van der Waals surface area contributed by atoms with Crippen LogP contribution in [0.3, 0.4) is 0 Å². The van der Waals surface area contributed by atoms with Crippen LogP contribution in [0, 0.1) is 0 Å². The first-order valence-corrected chi connectivity index (χ1v) is 7.63. The maximum atomic E-state index is 11.8. The molecule has 5 nitrogen and oxygen atoms in total. The topological polar surface area (TPSA) is 62.7 Å². The Labute approximate surface area is 121 Å². The fourth-order valence-electron chi connectivity index (χ4n) is 2.20. The van der Waals surface area contributed by atoms with Gasteiger partial charge >= 0.3 is 5.69 Å². The van der Waals surface area contributed by atoms with E-state index in [1.165, 1.54) is 5.56 Å². The monoisotopic (exact) mass is 290 g/mol. The van der Waals surface area contributed by atoms with Crippen LogP contribution in [0.2, 0.25) is 0 Å². The van der Waals surface area contributed by atoms with Crippen LogP contribution >= 0.6 is 11.8 Å². The highest BCUT2D eigenvalue weighted by Gasteiger charge is 2.29. The van der Waals surface area contributed by atoms with Crippen LogP contribution in [0.1, 0.15) is 37.4 Å². The molecule has 1 heterocycles. The first-order chi connectivity index (χ1) is 9.70. The summed E-state index contributed by atoms with van der Waals surface area (Å²) < 4.78 is 1.78. The second kappa shape index (κ2) is 5.46. The first-order valence-electron chi connectivity index (χ1n) is 6.81. The smallest absolute Gasteiger partial charge is 0.313 e. The molecule has 0 bridgehead atoms. The zero-order chi connectivity index (χ0) is 14.1. The fraction of sp³-hybridized carbons (Fsp3) is 0.429. The number of H-pyrrole nitrogens is 1. The van der Waals surface area contributed by atoms with Crippen molar-refractivity contribution >= 4 is 11.8 Å². The normalized spacial score (nSPS) is 16.3. The van der Waals surface area contributed by atoms with Gasteiger partial charge in [-0.25, -0.2) is 9.89 Å². The second-order valence-corrected chi connectivity index (χ2v) is 6.07. The quantitative estimate of drug-likeness (QED) is 0.887. The fourth-order valence-corrected chi connectivity index (χ4v) is 3.33. The molecule has 0 spiro atoms. The molecule has 2 aromatic rings. The summed E-state index contributed by atoms with van der Waals surface area (Å²) in [7, 11) is 1.95. The van der Waals surface area contributed by atoms with Crippen molar-refractivity contribution in [3.63, 3.8) is 0 Å². The second-order valence-electron chi connectivity index (χ2n) is 5.06. The summed E-state index contributed by atoms with van der Waals surface area (Å²) in [5.41, 5.74) is 1.12. The van der Waals surface area contributed by atoms with Gasteiger partial charge in [0.15, 0.2) is 5.16 Å². The van der Waals surface area contributed by atoms with E-state index in [-0.39, 0.29) is 11.7 Å². The van der Waals surface area contributed by atoms with Crippen LogP contribution in [-0.2, 0) is 0 Å². The molecule has 0 aliphatic heterocycles. The molecular weight excluding hydrogens is 272 g/mol. The molecule has 2 N–H and O–H groups in total. The standard InChI is InChI=1S/C14H18N4OS/c1-9(15-2)11-5-3-4-6-12(11)20-14-17-16-13(19)18(14)10-7-8-10/h3-6,9-10,15H,7-8H2,1-2H3,(H,16,19). The number of aromatic nitrogens is 3. The van der Waals surface area contributed by atoms with Crippen molar-refractivity contribution < 1.29 is 0 Å². The molecular formula is C14H18N4OS. The van der Waals surface area contributed by atoms with Gasteiger partial charge in [0.1, 0.15) is 0 Å². The van der Waals surface area contributed by atoms with E-state index in [4.69, 9.17) is 0 Å². The molecule has 0 saturated heterocycles. The number of hydrogen-bond donors (Lipinski definition) is 2. The molecule has 1 aromatic heterocycles. The minimum Gasteiger partial charge on any atom is -0.313 e. The molecule has 1 atom stereocenters. The van der Waals surface area contributed by atoms with E-state index in [0.717, 1.165) is 22.9 Å². The summed E-state index contributed by atoms with van der Waals surface area (Å²) in [4.78, 5) is 12.9. The van der Waals surface area contributed by atoms with Crippen molar-refractivity contribution in [3.05, 3.63) is 40.3 Å². The average Bonchev–Trinajstić information content (AvgIpc) is 3.23. The highest BCUT2D eigenvalue weighted by molar-refractivity contribution is 7.99. The predicted octanol–water partition coefficient (Wildman–Crippen LogP) is 2.34. The van der Waals surface area contributed by atoms with Gasteiger partial charge in [-0.1, -0.05) is 18.2 Å². The molecule has 20 heavy (non-hydrogen) atoms. The van der Waals surface area contributed by atoms with Crippen LogP contribution in [0.5, 0.6) is 0 Å². The van der Waals surface area contributed by atoms with Crippen LogP contribution in [0.25, 0.3) is 0 Å². The number of rotatable bonds is 5. The van der Waals surface area contributed by atoms with Gasteiger partial charge < -0.3 is 5.32 Å². The lowest BCUT2D eigenvalue weighted by Crippen LogP contribution is -2.16. The number of nitrogens with one attached hydrogen (secondary N) is 2. The molecule has 1 unspecified atom stereocenters. The number of aromatic amines is 1. The van der Waals surface area contributed by atoms with Gasteiger partial charge in [0.25, 0.3) is 0 Å². The van der Waals surface area contributed by atoms with E-state index in [1.54, 1.807) is 16.3 Å². The summed E-state index contributed by atoms with van der Waals surface area (Å²) >= 11 is 1.55. The molecule has 1 saturated carbocycles. The Morgan fingerprint density at radius 3 is 2.90 bits per heavy atom. The van der Waals surface area contributed by atoms with Crippen molar-refractivity contribution in [2.45, 2.75) is 41.9 Å². The molecule has 1 aromatic carbocycles. The number of benzene rings is 1. The Bertz CT molecular complexity index is 659. The van der Waals surface area contributed by atoms with Crippen molar-refractivity contribution in [2.24, 2.45) is 0 Å². The maximum Gasteiger partial charge on any atom is 0.344 e. The zero-order valence-corrected chi connectivity index (χ0v) is 12.4. The summed E-state index contributed by atoms with van der Waals surface area (Å²) in [6, 6.07) is 8.82. The van der Waals surface area contributed by atoms with Gasteiger partial charge in [0.2, 0.25) is 0 Å². The minimum atomic E-state index is -0.103. The Kier molecular flexibility index (Phi) is 3.67. The maximum absolute atomic E-state index is 11.8. The lowest BCUT2D eigenvalue weighted by molar-refractivity contribution is 0.635. The summed E-state index contributed by atoms with van der Waals surface area (Å²) in [6.45, 7) is 2.12. The Balaban J connectivity index is 1.94. The average molecular weight is 290 g/mol. The van der Waals surface area contributed by atoms with Crippen LogP contribution in [0.4, 0.5) is 0 Å². The lowest BCUT2D eigenvalue weighted by Gasteiger charge is -2.15. The first kappa shape index (κ1) is 13.5. The number of nitrogens with zero attached hydrogens (tertiary/aromatic N) is 2. The zero-order valence-electron chi connectivity index (χ0n) is 11.6. The van der Waals surface area contributed by atoms with Gasteiger partial charge in [-0.15, -0.1) is 5.10 Å². The SMILES string of the molecule is CNC(C)c1ccccc1Sc1n[nH]c(=O)n1C1CC1. The van der Waals surface area contributed by atoms with Gasteiger partial charge in [-0.3, -0.25) is 4.57 Å². The van der Waals surface area contributed by atoms with E-state index >= 15 is 0 Å².